The smallest absolute Gasteiger partial charge is 0.340 e. The van der Waals surface area contributed by atoms with E-state index in [0.29, 0.717) is 12.1 Å². The monoisotopic (exact) mass is 414 g/mol. The SMILES string of the molecule is O=CCn1ccc2cc(CCc3cnc(-c4ccc(C(F)(F)F)cc4)s3)ccc21. The Morgan fingerprint density at radius 2 is 1.83 bits per heavy atom. The Bertz CT molecular complexity index is 1140. The number of fused-ring (bicyclic) bond motifs is 1. The van der Waals surface area contributed by atoms with Gasteiger partial charge in [-0.3, -0.25) is 0 Å². The molecule has 2 heterocycles. The number of rotatable bonds is 6. The molecule has 0 bridgehead atoms. The minimum atomic E-state index is -4.33. The summed E-state index contributed by atoms with van der Waals surface area (Å²) >= 11 is 1.50. The highest BCUT2D eigenvalue weighted by molar-refractivity contribution is 7.15. The maximum Gasteiger partial charge on any atom is 0.416 e. The average Bonchev–Trinajstić information content (AvgIpc) is 3.33. The fraction of sp³-hybridized carbons (Fsp3) is 0.182. The quantitative estimate of drug-likeness (QED) is 0.376. The molecule has 7 heteroatoms. The topological polar surface area (TPSA) is 34.9 Å². The molecule has 0 saturated carbocycles. The van der Waals surface area contributed by atoms with E-state index in [9.17, 15) is 18.0 Å². The first kappa shape index (κ1) is 19.4. The van der Waals surface area contributed by atoms with E-state index in [0.717, 1.165) is 52.0 Å². The molecule has 0 saturated heterocycles. The zero-order chi connectivity index (χ0) is 20.4. The second-order valence-corrected chi connectivity index (χ2v) is 7.85. The Morgan fingerprint density at radius 3 is 2.55 bits per heavy atom. The molecule has 29 heavy (non-hydrogen) atoms. The van der Waals surface area contributed by atoms with Gasteiger partial charge in [0.05, 0.1) is 12.1 Å². The van der Waals surface area contributed by atoms with Crippen LogP contribution in [0, 0.1) is 0 Å². The van der Waals surface area contributed by atoms with Gasteiger partial charge in [-0.2, -0.15) is 13.2 Å². The highest BCUT2D eigenvalue weighted by Gasteiger charge is 2.30. The van der Waals surface area contributed by atoms with Crippen LogP contribution in [0.4, 0.5) is 13.2 Å². The summed E-state index contributed by atoms with van der Waals surface area (Å²) in [4.78, 5) is 16.2. The van der Waals surface area contributed by atoms with Crippen molar-refractivity contribution >= 4 is 28.5 Å². The van der Waals surface area contributed by atoms with Crippen molar-refractivity contribution in [1.29, 1.82) is 0 Å². The fourth-order valence-corrected chi connectivity index (χ4v) is 4.19. The van der Waals surface area contributed by atoms with Gasteiger partial charge in [-0.15, -0.1) is 11.3 Å². The number of benzene rings is 2. The second-order valence-electron chi connectivity index (χ2n) is 6.73. The van der Waals surface area contributed by atoms with Crippen molar-refractivity contribution < 1.29 is 18.0 Å². The standard InChI is InChI=1S/C22H17F3N2OS/c23-22(24,25)18-5-3-16(4-6-18)21-26-14-19(29-21)7-1-15-2-8-20-17(13-15)9-10-27(20)11-12-28/h2-6,8-10,12-14H,1,7,11H2. The van der Waals surface area contributed by atoms with Gasteiger partial charge in [0.1, 0.15) is 11.3 Å². The third-order valence-corrected chi connectivity index (χ3v) is 5.89. The van der Waals surface area contributed by atoms with Crippen molar-refractivity contribution in [2.24, 2.45) is 0 Å². The summed E-state index contributed by atoms with van der Waals surface area (Å²) in [5.74, 6) is 0. The summed E-state index contributed by atoms with van der Waals surface area (Å²) in [6, 6.07) is 13.3. The number of nitrogens with zero attached hydrogens (tertiary/aromatic N) is 2. The van der Waals surface area contributed by atoms with Gasteiger partial charge < -0.3 is 9.36 Å². The number of aldehydes is 1. The molecule has 0 spiro atoms. The Balaban J connectivity index is 1.44. The molecule has 2 aromatic carbocycles. The van der Waals surface area contributed by atoms with Crippen molar-refractivity contribution in [2.75, 3.05) is 0 Å². The van der Waals surface area contributed by atoms with Crippen LogP contribution in [0.2, 0.25) is 0 Å². The maximum absolute atomic E-state index is 12.7. The maximum atomic E-state index is 12.7. The molecule has 4 rings (SSSR count). The Labute approximate surface area is 169 Å². The third kappa shape index (κ3) is 4.24. The van der Waals surface area contributed by atoms with Crippen LogP contribution in [0.15, 0.2) is 60.9 Å². The summed E-state index contributed by atoms with van der Waals surface area (Å²) < 4.78 is 40.0. The number of alkyl halides is 3. The van der Waals surface area contributed by atoms with Crippen LogP contribution >= 0.6 is 11.3 Å². The van der Waals surface area contributed by atoms with Crippen molar-refractivity contribution in [2.45, 2.75) is 25.6 Å². The van der Waals surface area contributed by atoms with Crippen molar-refractivity contribution in [3.8, 4) is 10.6 Å². The molecular weight excluding hydrogens is 397 g/mol. The average molecular weight is 414 g/mol. The summed E-state index contributed by atoms with van der Waals surface area (Å²) in [6.45, 7) is 0.344. The molecule has 0 fully saturated rings. The van der Waals surface area contributed by atoms with Crippen LogP contribution in [0.25, 0.3) is 21.5 Å². The van der Waals surface area contributed by atoms with Gasteiger partial charge in [-0.1, -0.05) is 18.2 Å². The van der Waals surface area contributed by atoms with Crippen molar-refractivity contribution in [3.63, 3.8) is 0 Å². The first-order valence-corrected chi connectivity index (χ1v) is 9.89. The van der Waals surface area contributed by atoms with Gasteiger partial charge in [0.25, 0.3) is 0 Å². The van der Waals surface area contributed by atoms with Gasteiger partial charge in [-0.25, -0.2) is 4.98 Å². The predicted octanol–water partition coefficient (Wildman–Crippen LogP) is 5.77. The number of aryl methyl sites for hydroxylation is 2. The van der Waals surface area contributed by atoms with E-state index in [1.54, 1.807) is 6.20 Å². The van der Waals surface area contributed by atoms with Gasteiger partial charge in [-0.05, 0) is 54.1 Å². The molecule has 3 nitrogen and oxygen atoms in total. The molecule has 0 N–H and O–H groups in total. The molecule has 0 aliphatic heterocycles. The predicted molar refractivity (Wildman–Crippen MR) is 108 cm³/mol. The number of thiazole rings is 1. The van der Waals surface area contributed by atoms with Crippen LogP contribution in [0.5, 0.6) is 0 Å². The minimum absolute atomic E-state index is 0.344. The van der Waals surface area contributed by atoms with Crippen LogP contribution in [0.3, 0.4) is 0 Å². The Kier molecular flexibility index (Phi) is 5.24. The van der Waals surface area contributed by atoms with E-state index in [-0.39, 0.29) is 0 Å². The fourth-order valence-electron chi connectivity index (χ4n) is 3.27. The normalized spacial score (nSPS) is 11.8. The molecule has 148 valence electrons. The first-order valence-electron chi connectivity index (χ1n) is 9.08. The molecule has 0 radical (unpaired) electrons. The molecule has 0 atom stereocenters. The van der Waals surface area contributed by atoms with Crippen LogP contribution < -0.4 is 0 Å². The van der Waals surface area contributed by atoms with Crippen molar-refractivity contribution in [3.05, 3.63) is 76.9 Å². The van der Waals surface area contributed by atoms with Gasteiger partial charge in [0, 0.05) is 28.4 Å². The number of carbonyl (C=O) groups is 1. The summed E-state index contributed by atoms with van der Waals surface area (Å²) in [7, 11) is 0. The highest BCUT2D eigenvalue weighted by atomic mass is 32.1. The van der Waals surface area contributed by atoms with E-state index in [1.807, 2.05) is 22.9 Å². The van der Waals surface area contributed by atoms with E-state index in [4.69, 9.17) is 0 Å². The lowest BCUT2D eigenvalue weighted by atomic mass is 10.1. The molecule has 0 aliphatic carbocycles. The zero-order valence-corrected chi connectivity index (χ0v) is 16.1. The zero-order valence-electron chi connectivity index (χ0n) is 15.3. The largest absolute Gasteiger partial charge is 0.416 e. The van der Waals surface area contributed by atoms with E-state index < -0.39 is 11.7 Å². The molecule has 0 aliphatic rings. The van der Waals surface area contributed by atoms with E-state index in [2.05, 4.69) is 17.1 Å². The van der Waals surface area contributed by atoms with Gasteiger partial charge >= 0.3 is 6.18 Å². The molecular formula is C22H17F3N2OS. The number of halogens is 3. The summed E-state index contributed by atoms with van der Waals surface area (Å²) in [5.41, 5.74) is 2.25. The lowest BCUT2D eigenvalue weighted by Gasteiger charge is -2.06. The van der Waals surface area contributed by atoms with Gasteiger partial charge in [0.15, 0.2) is 0 Å². The van der Waals surface area contributed by atoms with Crippen LogP contribution in [-0.2, 0) is 30.4 Å². The second kappa shape index (κ2) is 7.83. The Hall–Kier alpha value is -2.93. The van der Waals surface area contributed by atoms with E-state index in [1.165, 1.54) is 29.0 Å². The van der Waals surface area contributed by atoms with Crippen LogP contribution in [-0.4, -0.2) is 15.8 Å². The lowest BCUT2D eigenvalue weighted by molar-refractivity contribution is -0.137. The minimum Gasteiger partial charge on any atom is -0.340 e. The Morgan fingerprint density at radius 1 is 1.03 bits per heavy atom. The summed E-state index contributed by atoms with van der Waals surface area (Å²) in [5, 5.41) is 1.81. The molecule has 4 aromatic rings. The third-order valence-electron chi connectivity index (χ3n) is 4.78. The lowest BCUT2D eigenvalue weighted by Crippen LogP contribution is -2.03. The number of aromatic nitrogens is 2. The number of hydrogen-bond donors (Lipinski definition) is 0. The molecule has 0 amide bonds. The van der Waals surface area contributed by atoms with Crippen molar-refractivity contribution in [1.82, 2.24) is 9.55 Å². The van der Waals surface area contributed by atoms with Crippen LogP contribution in [0.1, 0.15) is 16.0 Å². The number of carbonyl (C=O) groups excluding carboxylic acids is 1. The molecule has 0 unspecified atom stereocenters. The number of hydrogen-bond acceptors (Lipinski definition) is 3. The van der Waals surface area contributed by atoms with E-state index >= 15 is 0 Å². The first-order chi connectivity index (χ1) is 13.9. The summed E-state index contributed by atoms with van der Waals surface area (Å²) in [6.07, 6.45) is 1.88. The molecule has 2 aromatic heterocycles. The van der Waals surface area contributed by atoms with Gasteiger partial charge in [0.2, 0.25) is 0 Å². The highest BCUT2D eigenvalue weighted by Crippen LogP contribution is 2.32.